The zero-order chi connectivity index (χ0) is 27.0. The van der Waals surface area contributed by atoms with Crippen molar-refractivity contribution in [3.8, 4) is 23.3 Å². The van der Waals surface area contributed by atoms with E-state index >= 15 is 0 Å². The number of fused-ring (bicyclic) bond motifs is 1. The van der Waals surface area contributed by atoms with Crippen LogP contribution < -0.4 is 19.1 Å². The fourth-order valence-electron chi connectivity index (χ4n) is 4.97. The first kappa shape index (κ1) is 24.9. The van der Waals surface area contributed by atoms with Crippen molar-refractivity contribution in [1.29, 1.82) is 5.26 Å². The molecule has 0 radical (unpaired) electrons. The van der Waals surface area contributed by atoms with Gasteiger partial charge in [0.2, 0.25) is 0 Å². The van der Waals surface area contributed by atoms with Crippen LogP contribution in [-0.4, -0.2) is 36.6 Å². The van der Waals surface area contributed by atoms with Crippen LogP contribution in [0.5, 0.6) is 17.2 Å². The number of carbonyl (C=O) groups excluding carboxylic acids is 2. The minimum Gasteiger partial charge on any atom is -0.507 e. The Morgan fingerprint density at radius 1 is 1.11 bits per heavy atom. The van der Waals surface area contributed by atoms with E-state index in [0.717, 1.165) is 11.3 Å². The SMILES string of the molecule is CCOc1cc(C2/C(=C(\O)c3ccc4c(c3)CC(C)O4)C(=O)C(=O)N2c2ccc(C#N)cc2)ccc1OC. The molecular weight excluding hydrogens is 484 g/mol. The highest BCUT2D eigenvalue weighted by Crippen LogP contribution is 2.44. The second kappa shape index (κ2) is 9.94. The largest absolute Gasteiger partial charge is 0.507 e. The first-order valence-electron chi connectivity index (χ1n) is 12.3. The third-order valence-electron chi connectivity index (χ3n) is 6.69. The van der Waals surface area contributed by atoms with Crippen molar-refractivity contribution in [2.24, 2.45) is 0 Å². The third kappa shape index (κ3) is 4.22. The highest BCUT2D eigenvalue weighted by molar-refractivity contribution is 6.51. The van der Waals surface area contributed by atoms with Crippen molar-refractivity contribution in [3.63, 3.8) is 0 Å². The highest BCUT2D eigenvalue weighted by atomic mass is 16.5. The summed E-state index contributed by atoms with van der Waals surface area (Å²) in [4.78, 5) is 28.3. The van der Waals surface area contributed by atoms with Crippen LogP contribution in [0.4, 0.5) is 5.69 Å². The molecule has 8 nitrogen and oxygen atoms in total. The molecular formula is C30H26N2O6. The molecule has 2 unspecified atom stereocenters. The number of hydrogen-bond acceptors (Lipinski definition) is 7. The summed E-state index contributed by atoms with van der Waals surface area (Å²) in [5.41, 5.74) is 2.68. The number of amides is 1. The predicted octanol–water partition coefficient (Wildman–Crippen LogP) is 4.92. The molecule has 38 heavy (non-hydrogen) atoms. The minimum absolute atomic E-state index is 0.0145. The van der Waals surface area contributed by atoms with Crippen LogP contribution >= 0.6 is 0 Å². The molecule has 0 spiro atoms. The van der Waals surface area contributed by atoms with Gasteiger partial charge < -0.3 is 19.3 Å². The quantitative estimate of drug-likeness (QED) is 0.285. The summed E-state index contributed by atoms with van der Waals surface area (Å²) in [6, 6.07) is 17.9. The summed E-state index contributed by atoms with van der Waals surface area (Å²) < 4.78 is 16.9. The first-order chi connectivity index (χ1) is 18.4. The maximum Gasteiger partial charge on any atom is 0.300 e. The second-order valence-electron chi connectivity index (χ2n) is 9.13. The van der Waals surface area contributed by atoms with Gasteiger partial charge in [-0.05, 0) is 79.6 Å². The van der Waals surface area contributed by atoms with Gasteiger partial charge in [-0.2, -0.15) is 5.26 Å². The van der Waals surface area contributed by atoms with Crippen molar-refractivity contribution < 1.29 is 28.9 Å². The molecule has 2 aliphatic heterocycles. The van der Waals surface area contributed by atoms with E-state index in [1.54, 1.807) is 60.7 Å². The monoisotopic (exact) mass is 510 g/mol. The number of carbonyl (C=O) groups is 2. The van der Waals surface area contributed by atoms with Gasteiger partial charge in [0.15, 0.2) is 11.5 Å². The van der Waals surface area contributed by atoms with E-state index in [9.17, 15) is 20.0 Å². The van der Waals surface area contributed by atoms with E-state index in [0.29, 0.717) is 46.9 Å². The van der Waals surface area contributed by atoms with Crippen LogP contribution in [0.25, 0.3) is 5.76 Å². The minimum atomic E-state index is -0.948. The molecule has 3 aromatic carbocycles. The lowest BCUT2D eigenvalue weighted by molar-refractivity contribution is -0.132. The number of ketones is 1. The van der Waals surface area contributed by atoms with Crippen molar-refractivity contribution in [3.05, 3.63) is 88.5 Å². The molecule has 1 N–H and O–H groups in total. The molecule has 2 atom stereocenters. The van der Waals surface area contributed by atoms with Gasteiger partial charge in [-0.1, -0.05) is 6.07 Å². The van der Waals surface area contributed by atoms with Crippen LogP contribution in [0.2, 0.25) is 0 Å². The number of ether oxygens (including phenoxy) is 3. The van der Waals surface area contributed by atoms with Crippen LogP contribution in [0, 0.1) is 11.3 Å². The Hall–Kier alpha value is -4.77. The van der Waals surface area contributed by atoms with Crippen LogP contribution in [-0.2, 0) is 16.0 Å². The predicted molar refractivity (Wildman–Crippen MR) is 140 cm³/mol. The van der Waals surface area contributed by atoms with E-state index < -0.39 is 17.7 Å². The van der Waals surface area contributed by atoms with E-state index in [1.807, 2.05) is 13.8 Å². The van der Waals surface area contributed by atoms with Gasteiger partial charge in [0.1, 0.15) is 17.6 Å². The lowest BCUT2D eigenvalue weighted by Gasteiger charge is -2.26. The standard InChI is InChI=1S/C30H26N2O6/c1-4-37-25-15-19(7-12-24(25)36-3)27-26(28(33)20-8-11-23-21(14-20)13-17(2)38-23)29(34)30(35)32(27)22-9-5-18(16-31)6-10-22/h5-12,14-15,17,27,33H,4,13H2,1-3H3/b28-26+. The zero-order valence-electron chi connectivity index (χ0n) is 21.2. The number of benzene rings is 3. The highest BCUT2D eigenvalue weighted by Gasteiger charge is 2.47. The lowest BCUT2D eigenvalue weighted by atomic mass is 9.94. The summed E-state index contributed by atoms with van der Waals surface area (Å²) in [6.07, 6.45) is 0.691. The molecule has 192 valence electrons. The third-order valence-corrected chi connectivity index (χ3v) is 6.69. The maximum atomic E-state index is 13.5. The number of nitriles is 1. The second-order valence-corrected chi connectivity index (χ2v) is 9.13. The van der Waals surface area contributed by atoms with E-state index in [1.165, 1.54) is 12.0 Å². The first-order valence-corrected chi connectivity index (χ1v) is 12.3. The van der Waals surface area contributed by atoms with Crippen molar-refractivity contribution in [2.75, 3.05) is 18.6 Å². The molecule has 0 aliphatic carbocycles. The van der Waals surface area contributed by atoms with E-state index in [-0.39, 0.29) is 17.4 Å². The van der Waals surface area contributed by atoms with Gasteiger partial charge in [-0.25, -0.2) is 0 Å². The van der Waals surface area contributed by atoms with E-state index in [4.69, 9.17) is 14.2 Å². The van der Waals surface area contributed by atoms with E-state index in [2.05, 4.69) is 6.07 Å². The molecule has 0 saturated carbocycles. The van der Waals surface area contributed by atoms with Gasteiger partial charge in [0.05, 0.1) is 37.0 Å². The molecule has 1 amide bonds. The van der Waals surface area contributed by atoms with Gasteiger partial charge in [-0.3, -0.25) is 14.5 Å². The van der Waals surface area contributed by atoms with Crippen molar-refractivity contribution in [1.82, 2.24) is 0 Å². The molecule has 2 heterocycles. The van der Waals surface area contributed by atoms with Gasteiger partial charge >= 0.3 is 0 Å². The zero-order valence-corrected chi connectivity index (χ0v) is 21.2. The summed E-state index contributed by atoms with van der Waals surface area (Å²) in [7, 11) is 1.53. The average Bonchev–Trinajstić information content (AvgIpc) is 3.43. The number of rotatable bonds is 6. The number of methoxy groups -OCH3 is 1. The Kier molecular flexibility index (Phi) is 6.52. The normalized spacial score (nSPS) is 19.6. The molecule has 5 rings (SSSR count). The number of aliphatic hydroxyl groups is 1. The topological polar surface area (TPSA) is 109 Å². The molecule has 0 bridgehead atoms. The fraction of sp³-hybridized carbons (Fsp3) is 0.233. The fourth-order valence-corrected chi connectivity index (χ4v) is 4.97. The summed E-state index contributed by atoms with van der Waals surface area (Å²) in [6.45, 7) is 4.18. The number of aliphatic hydroxyl groups excluding tert-OH is 1. The Morgan fingerprint density at radius 2 is 1.87 bits per heavy atom. The summed E-state index contributed by atoms with van der Waals surface area (Å²) >= 11 is 0. The van der Waals surface area contributed by atoms with Crippen molar-refractivity contribution >= 4 is 23.1 Å². The Labute approximate surface area is 220 Å². The van der Waals surface area contributed by atoms with Crippen molar-refractivity contribution in [2.45, 2.75) is 32.4 Å². The van der Waals surface area contributed by atoms with Crippen LogP contribution in [0.3, 0.4) is 0 Å². The molecule has 2 aliphatic rings. The number of Topliss-reactive ketones (excluding diaryl/α,β-unsaturated/α-hetero) is 1. The smallest absolute Gasteiger partial charge is 0.300 e. The number of nitrogens with zero attached hydrogens (tertiary/aromatic N) is 2. The molecule has 1 fully saturated rings. The average molecular weight is 511 g/mol. The molecule has 0 aromatic heterocycles. The lowest BCUT2D eigenvalue weighted by Crippen LogP contribution is -2.29. The number of hydrogen-bond donors (Lipinski definition) is 1. The number of anilines is 1. The Bertz CT molecular complexity index is 1500. The van der Waals surface area contributed by atoms with Gasteiger partial charge in [-0.15, -0.1) is 0 Å². The molecule has 8 heteroatoms. The van der Waals surface area contributed by atoms with Gasteiger partial charge in [0.25, 0.3) is 11.7 Å². The summed E-state index contributed by atoms with van der Waals surface area (Å²) in [5.74, 6) is -0.190. The van der Waals surface area contributed by atoms with Crippen LogP contribution in [0.15, 0.2) is 66.2 Å². The maximum absolute atomic E-state index is 13.5. The molecule has 1 saturated heterocycles. The Balaban J connectivity index is 1.70. The van der Waals surface area contributed by atoms with Crippen LogP contribution in [0.1, 0.15) is 42.1 Å². The Morgan fingerprint density at radius 3 is 2.55 bits per heavy atom. The summed E-state index contributed by atoms with van der Waals surface area (Å²) in [5, 5.41) is 20.7. The molecule has 3 aromatic rings. The van der Waals surface area contributed by atoms with Gasteiger partial charge in [0, 0.05) is 17.7 Å².